The number of aliphatic hydroxyl groups excluding tert-OH is 1. The third-order valence-electron chi connectivity index (χ3n) is 2.30. The second-order valence-electron chi connectivity index (χ2n) is 3.66. The molecule has 0 aromatic carbocycles. The molecule has 1 fully saturated rings. The van der Waals surface area contributed by atoms with Crippen LogP contribution in [-0.2, 0) is 4.74 Å². The van der Waals surface area contributed by atoms with Crippen molar-refractivity contribution in [2.24, 2.45) is 5.92 Å². The van der Waals surface area contributed by atoms with Crippen molar-refractivity contribution in [3.05, 3.63) is 0 Å². The van der Waals surface area contributed by atoms with Crippen LogP contribution in [-0.4, -0.2) is 23.4 Å². The summed E-state index contributed by atoms with van der Waals surface area (Å²) in [5.74, 6) is 0.378. The molecule has 1 heterocycles. The summed E-state index contributed by atoms with van der Waals surface area (Å²) in [5, 5.41) is 9.58. The van der Waals surface area contributed by atoms with Gasteiger partial charge in [-0.05, 0) is 26.2 Å². The first kappa shape index (κ1) is 8.02. The zero-order chi connectivity index (χ0) is 7.78. The lowest BCUT2D eigenvalue weighted by atomic mass is 9.86. The van der Waals surface area contributed by atoms with E-state index in [0.717, 1.165) is 13.0 Å². The zero-order valence-electron chi connectivity index (χ0n) is 6.92. The van der Waals surface area contributed by atoms with Gasteiger partial charge in [-0.3, -0.25) is 0 Å². The Bertz CT molecular complexity index is 120. The number of rotatable bonds is 0. The summed E-state index contributed by atoms with van der Waals surface area (Å²) in [6, 6.07) is 0. The Labute approximate surface area is 62.2 Å². The van der Waals surface area contributed by atoms with Crippen molar-refractivity contribution in [1.29, 1.82) is 0 Å². The molecule has 0 aliphatic carbocycles. The summed E-state index contributed by atoms with van der Waals surface area (Å²) in [4.78, 5) is 0. The highest BCUT2D eigenvalue weighted by molar-refractivity contribution is 4.86. The van der Waals surface area contributed by atoms with Gasteiger partial charge in [0.15, 0.2) is 0 Å². The van der Waals surface area contributed by atoms with Crippen molar-refractivity contribution in [2.75, 3.05) is 6.61 Å². The fourth-order valence-electron chi connectivity index (χ4n) is 1.44. The average Bonchev–Trinajstić information content (AvgIpc) is 1.83. The van der Waals surface area contributed by atoms with Crippen LogP contribution in [0.4, 0.5) is 0 Å². The minimum atomic E-state index is -0.336. The summed E-state index contributed by atoms with van der Waals surface area (Å²) in [6.45, 7) is 6.72. The summed E-state index contributed by atoms with van der Waals surface area (Å²) < 4.78 is 5.40. The predicted molar refractivity (Wildman–Crippen MR) is 39.8 cm³/mol. The lowest BCUT2D eigenvalue weighted by molar-refractivity contribution is -0.154. The van der Waals surface area contributed by atoms with Gasteiger partial charge in [0.2, 0.25) is 0 Å². The number of ether oxygens (including phenoxy) is 1. The molecule has 0 aromatic rings. The van der Waals surface area contributed by atoms with Gasteiger partial charge in [0, 0.05) is 6.61 Å². The van der Waals surface area contributed by atoms with Gasteiger partial charge < -0.3 is 9.84 Å². The van der Waals surface area contributed by atoms with Crippen LogP contribution in [0.5, 0.6) is 0 Å². The van der Waals surface area contributed by atoms with E-state index in [1.165, 1.54) is 0 Å². The van der Waals surface area contributed by atoms with Gasteiger partial charge in [-0.25, -0.2) is 0 Å². The maximum atomic E-state index is 9.58. The Balaban J connectivity index is 2.60. The van der Waals surface area contributed by atoms with E-state index in [4.69, 9.17) is 4.74 Å². The minimum Gasteiger partial charge on any atom is -0.390 e. The molecule has 2 nitrogen and oxygen atoms in total. The summed E-state index contributed by atoms with van der Waals surface area (Å²) in [5.41, 5.74) is -0.336. The van der Waals surface area contributed by atoms with E-state index in [1.54, 1.807) is 0 Å². The number of hydrogen-bond acceptors (Lipinski definition) is 2. The topological polar surface area (TPSA) is 29.5 Å². The Morgan fingerprint density at radius 1 is 1.50 bits per heavy atom. The maximum absolute atomic E-state index is 9.58. The highest BCUT2D eigenvalue weighted by atomic mass is 16.5. The predicted octanol–water partition coefficient (Wildman–Crippen LogP) is 1.18. The standard InChI is InChI=1S/C8H16O2/c1-6-4-5-10-8(2,3)7(6)9/h6-7,9H,4-5H2,1-3H3. The van der Waals surface area contributed by atoms with Gasteiger partial charge in [0.05, 0.1) is 11.7 Å². The Morgan fingerprint density at radius 3 is 2.50 bits per heavy atom. The Morgan fingerprint density at radius 2 is 2.10 bits per heavy atom. The molecule has 0 bridgehead atoms. The molecule has 2 unspecified atom stereocenters. The van der Waals surface area contributed by atoms with Crippen molar-refractivity contribution in [1.82, 2.24) is 0 Å². The average molecular weight is 144 g/mol. The first-order valence-electron chi connectivity index (χ1n) is 3.86. The molecule has 10 heavy (non-hydrogen) atoms. The first-order valence-corrected chi connectivity index (χ1v) is 3.86. The van der Waals surface area contributed by atoms with Gasteiger partial charge in [-0.1, -0.05) is 6.92 Å². The molecule has 0 radical (unpaired) electrons. The normalized spacial score (nSPS) is 39.6. The van der Waals surface area contributed by atoms with Crippen LogP contribution in [0, 0.1) is 5.92 Å². The summed E-state index contributed by atoms with van der Waals surface area (Å²) in [7, 11) is 0. The van der Waals surface area contributed by atoms with Crippen molar-refractivity contribution in [2.45, 2.75) is 38.9 Å². The summed E-state index contributed by atoms with van der Waals surface area (Å²) in [6.07, 6.45) is 0.672. The second kappa shape index (κ2) is 2.51. The number of aliphatic hydroxyl groups is 1. The van der Waals surface area contributed by atoms with E-state index >= 15 is 0 Å². The SMILES string of the molecule is CC1CCOC(C)(C)C1O. The molecule has 60 valence electrons. The second-order valence-corrected chi connectivity index (χ2v) is 3.66. The van der Waals surface area contributed by atoms with E-state index in [0.29, 0.717) is 5.92 Å². The molecule has 0 saturated carbocycles. The minimum absolute atomic E-state index is 0.304. The van der Waals surface area contributed by atoms with Crippen molar-refractivity contribution in [3.8, 4) is 0 Å². The van der Waals surface area contributed by atoms with Crippen molar-refractivity contribution >= 4 is 0 Å². The smallest absolute Gasteiger partial charge is 0.0886 e. The molecule has 2 atom stereocenters. The fraction of sp³-hybridized carbons (Fsp3) is 1.00. The fourth-order valence-corrected chi connectivity index (χ4v) is 1.44. The largest absolute Gasteiger partial charge is 0.390 e. The van der Waals surface area contributed by atoms with Gasteiger partial charge >= 0.3 is 0 Å². The first-order chi connectivity index (χ1) is 4.54. The lowest BCUT2D eigenvalue weighted by Gasteiger charge is -2.39. The van der Waals surface area contributed by atoms with Gasteiger partial charge in [0.1, 0.15) is 0 Å². The zero-order valence-corrected chi connectivity index (χ0v) is 6.92. The molecule has 1 saturated heterocycles. The molecule has 0 spiro atoms. The molecule has 1 rings (SSSR count). The Hall–Kier alpha value is -0.0800. The van der Waals surface area contributed by atoms with Crippen molar-refractivity contribution < 1.29 is 9.84 Å². The van der Waals surface area contributed by atoms with E-state index in [1.807, 2.05) is 13.8 Å². The van der Waals surface area contributed by atoms with Crippen LogP contribution in [0.25, 0.3) is 0 Å². The van der Waals surface area contributed by atoms with Gasteiger partial charge in [-0.15, -0.1) is 0 Å². The third-order valence-corrected chi connectivity index (χ3v) is 2.30. The van der Waals surface area contributed by atoms with Crippen LogP contribution in [0.2, 0.25) is 0 Å². The van der Waals surface area contributed by atoms with Crippen LogP contribution in [0.15, 0.2) is 0 Å². The summed E-state index contributed by atoms with van der Waals surface area (Å²) >= 11 is 0. The maximum Gasteiger partial charge on any atom is 0.0886 e. The van der Waals surface area contributed by atoms with Crippen LogP contribution in [0.1, 0.15) is 27.2 Å². The highest BCUT2D eigenvalue weighted by Crippen LogP contribution is 2.28. The molecule has 1 aliphatic rings. The van der Waals surface area contributed by atoms with Crippen LogP contribution in [0.3, 0.4) is 0 Å². The van der Waals surface area contributed by atoms with E-state index in [-0.39, 0.29) is 11.7 Å². The molecular weight excluding hydrogens is 128 g/mol. The van der Waals surface area contributed by atoms with Gasteiger partial charge in [0.25, 0.3) is 0 Å². The lowest BCUT2D eigenvalue weighted by Crippen LogP contribution is -2.47. The van der Waals surface area contributed by atoms with Crippen LogP contribution >= 0.6 is 0 Å². The molecule has 1 aliphatic heterocycles. The molecular formula is C8H16O2. The molecule has 0 amide bonds. The molecule has 2 heteroatoms. The highest BCUT2D eigenvalue weighted by Gasteiger charge is 2.36. The quantitative estimate of drug-likeness (QED) is 0.553. The Kier molecular flexibility index (Phi) is 2.02. The van der Waals surface area contributed by atoms with Crippen molar-refractivity contribution in [3.63, 3.8) is 0 Å². The molecule has 0 aromatic heterocycles. The molecule has 1 N–H and O–H groups in total. The number of hydrogen-bond donors (Lipinski definition) is 1. The monoisotopic (exact) mass is 144 g/mol. The van der Waals surface area contributed by atoms with E-state index in [9.17, 15) is 5.11 Å². The van der Waals surface area contributed by atoms with Gasteiger partial charge in [-0.2, -0.15) is 0 Å². The van der Waals surface area contributed by atoms with E-state index < -0.39 is 0 Å². The van der Waals surface area contributed by atoms with Crippen LogP contribution < -0.4 is 0 Å². The third kappa shape index (κ3) is 1.32. The van der Waals surface area contributed by atoms with E-state index in [2.05, 4.69) is 6.92 Å².